The summed E-state index contributed by atoms with van der Waals surface area (Å²) in [5.41, 5.74) is -3.30. The number of carbonyl (C=O) groups is 1. The molecule has 240 valence electrons. The second kappa shape index (κ2) is 11.5. The van der Waals surface area contributed by atoms with Crippen molar-refractivity contribution in [3.05, 3.63) is 105 Å². The number of hydrogen-bond donors (Lipinski definition) is 4. The van der Waals surface area contributed by atoms with E-state index in [1.165, 1.54) is 18.5 Å². The lowest BCUT2D eigenvalue weighted by Gasteiger charge is -2.33. The molecule has 0 radical (unpaired) electrons. The van der Waals surface area contributed by atoms with Gasteiger partial charge in [0.2, 0.25) is 0 Å². The van der Waals surface area contributed by atoms with Crippen LogP contribution in [0.3, 0.4) is 0 Å². The number of aromatic amines is 1. The molecule has 5 aromatic rings. The van der Waals surface area contributed by atoms with Crippen molar-refractivity contribution < 1.29 is 32.2 Å². The Hall–Kier alpha value is -5.82. The third-order valence-corrected chi connectivity index (χ3v) is 7.80. The highest BCUT2D eigenvalue weighted by molar-refractivity contribution is 5.98. The van der Waals surface area contributed by atoms with Crippen LogP contribution in [0.1, 0.15) is 47.1 Å². The van der Waals surface area contributed by atoms with Crippen molar-refractivity contribution in [2.45, 2.75) is 30.7 Å². The minimum absolute atomic E-state index is 0.128. The SMILES string of the molecule is Cn1ncnc1[C@@H]1c2n[nH]c(=O)c3cc(F)cc(c23)NC1c1ccc(OC[C@](C)(O)C(=O)Nc2ccc(C#N)c(C(F)(F)F)c2)cc1. The van der Waals surface area contributed by atoms with Crippen LogP contribution in [0.15, 0.2) is 65.7 Å². The van der Waals surface area contributed by atoms with Crippen molar-refractivity contribution in [1.82, 2.24) is 25.0 Å². The van der Waals surface area contributed by atoms with Gasteiger partial charge in [-0.3, -0.25) is 14.3 Å². The molecule has 0 fully saturated rings. The number of ether oxygens (including phenoxy) is 1. The molecule has 4 N–H and O–H groups in total. The highest BCUT2D eigenvalue weighted by Gasteiger charge is 2.38. The van der Waals surface area contributed by atoms with Gasteiger partial charge in [0.25, 0.3) is 11.5 Å². The average Bonchev–Trinajstić information content (AvgIpc) is 3.46. The zero-order valence-electron chi connectivity index (χ0n) is 24.6. The van der Waals surface area contributed by atoms with Crippen LogP contribution in [0.2, 0.25) is 0 Å². The number of hydrogen-bond acceptors (Lipinski definition) is 9. The van der Waals surface area contributed by atoms with Gasteiger partial charge in [-0.15, -0.1) is 0 Å². The number of aromatic nitrogens is 5. The maximum absolute atomic E-state index is 14.5. The summed E-state index contributed by atoms with van der Waals surface area (Å²) in [7, 11) is 1.71. The topological polar surface area (TPSA) is 171 Å². The molecule has 0 bridgehead atoms. The Balaban J connectivity index is 1.22. The molecule has 12 nitrogen and oxygen atoms in total. The van der Waals surface area contributed by atoms with Crippen LogP contribution in [-0.4, -0.2) is 48.2 Å². The van der Waals surface area contributed by atoms with Gasteiger partial charge in [0.15, 0.2) is 5.60 Å². The first-order valence-electron chi connectivity index (χ1n) is 14.0. The Morgan fingerprint density at radius 1 is 1.17 bits per heavy atom. The molecule has 47 heavy (non-hydrogen) atoms. The molecular formula is C31H24F4N8O4. The first-order chi connectivity index (χ1) is 22.3. The standard InChI is InChI=1S/C31H24F4N8O4/c1-30(46,29(45)39-18-6-3-16(12-36)21(11-18)31(33,34)35)13-47-19-7-4-15(5-8-19)25-24(27-37-14-38-43(27)2)26-23-20(28(44)42-41-26)9-17(32)10-22(23)40-25/h3-11,14,24-25,40,46H,13H2,1-2H3,(H,39,45)(H,42,44)/t24-,25?,30-/m0/s1. The van der Waals surface area contributed by atoms with E-state index in [0.717, 1.165) is 25.1 Å². The Labute approximate surface area is 262 Å². The number of nitrogens with one attached hydrogen (secondary N) is 3. The smallest absolute Gasteiger partial charge is 0.417 e. The molecule has 0 saturated heterocycles. The van der Waals surface area contributed by atoms with Crippen molar-refractivity contribution in [2.24, 2.45) is 7.05 Å². The second-order valence-corrected chi connectivity index (χ2v) is 11.1. The van der Waals surface area contributed by atoms with Gasteiger partial charge < -0.3 is 20.5 Å². The van der Waals surface area contributed by atoms with E-state index >= 15 is 0 Å². The number of H-pyrrole nitrogens is 1. The highest BCUT2D eigenvalue weighted by Crippen LogP contribution is 2.46. The Kier molecular flexibility index (Phi) is 7.64. The van der Waals surface area contributed by atoms with Gasteiger partial charge in [0, 0.05) is 23.8 Å². The van der Waals surface area contributed by atoms with Crippen LogP contribution in [0.25, 0.3) is 10.8 Å². The molecule has 0 spiro atoms. The lowest BCUT2D eigenvalue weighted by atomic mass is 9.83. The van der Waals surface area contributed by atoms with Gasteiger partial charge >= 0.3 is 6.18 Å². The summed E-state index contributed by atoms with van der Waals surface area (Å²) in [4.78, 5) is 29.7. The monoisotopic (exact) mass is 648 g/mol. The molecule has 1 aliphatic rings. The van der Waals surface area contributed by atoms with Crippen LogP contribution in [0.4, 0.5) is 28.9 Å². The second-order valence-electron chi connectivity index (χ2n) is 11.1. The summed E-state index contributed by atoms with van der Waals surface area (Å²) in [5, 5.41) is 36.8. The summed E-state index contributed by atoms with van der Waals surface area (Å²) >= 11 is 0. The number of nitriles is 1. The van der Waals surface area contributed by atoms with E-state index in [0.29, 0.717) is 34.2 Å². The zero-order valence-corrected chi connectivity index (χ0v) is 24.6. The summed E-state index contributed by atoms with van der Waals surface area (Å²) in [6.07, 6.45) is -3.45. The van der Waals surface area contributed by atoms with Crippen LogP contribution < -0.4 is 20.9 Å². The highest BCUT2D eigenvalue weighted by atomic mass is 19.4. The van der Waals surface area contributed by atoms with E-state index in [4.69, 9.17) is 10.00 Å². The van der Waals surface area contributed by atoms with E-state index < -0.39 is 58.8 Å². The van der Waals surface area contributed by atoms with Crippen molar-refractivity contribution in [3.8, 4) is 11.8 Å². The maximum atomic E-state index is 14.5. The van der Waals surface area contributed by atoms with Gasteiger partial charge in [0.05, 0.1) is 40.2 Å². The summed E-state index contributed by atoms with van der Waals surface area (Å²) in [6, 6.07) is 12.5. The first-order valence-corrected chi connectivity index (χ1v) is 14.0. The predicted molar refractivity (Wildman–Crippen MR) is 159 cm³/mol. The summed E-state index contributed by atoms with van der Waals surface area (Å²) in [5.74, 6) is -1.45. The lowest BCUT2D eigenvalue weighted by molar-refractivity contribution is -0.138. The number of aryl methyl sites for hydroxylation is 1. The molecular weight excluding hydrogens is 624 g/mol. The number of amides is 1. The van der Waals surface area contributed by atoms with Gasteiger partial charge in [0.1, 0.15) is 30.3 Å². The maximum Gasteiger partial charge on any atom is 0.417 e. The van der Waals surface area contributed by atoms with E-state index in [2.05, 4.69) is 30.9 Å². The van der Waals surface area contributed by atoms with Gasteiger partial charge in [-0.2, -0.15) is 28.6 Å². The van der Waals surface area contributed by atoms with Crippen molar-refractivity contribution in [1.29, 1.82) is 5.26 Å². The van der Waals surface area contributed by atoms with Gasteiger partial charge in [-0.25, -0.2) is 14.5 Å². The number of rotatable bonds is 7. The molecule has 2 aromatic heterocycles. The fourth-order valence-corrected chi connectivity index (χ4v) is 5.45. The van der Waals surface area contributed by atoms with Gasteiger partial charge in [-0.1, -0.05) is 12.1 Å². The normalized spacial score (nSPS) is 17.0. The number of benzene rings is 3. The molecule has 3 heterocycles. The zero-order chi connectivity index (χ0) is 33.7. The van der Waals surface area contributed by atoms with Crippen LogP contribution in [-0.2, 0) is 18.0 Å². The van der Waals surface area contributed by atoms with E-state index in [-0.39, 0.29) is 16.8 Å². The fraction of sp³-hybridized carbons (Fsp3) is 0.226. The van der Waals surface area contributed by atoms with E-state index in [1.54, 1.807) is 36.0 Å². The largest absolute Gasteiger partial charge is 0.490 e. The molecule has 0 aliphatic carbocycles. The van der Waals surface area contributed by atoms with Crippen molar-refractivity contribution >= 4 is 28.1 Å². The molecule has 0 saturated carbocycles. The molecule has 1 aliphatic heterocycles. The van der Waals surface area contributed by atoms with Gasteiger partial charge in [-0.05, 0) is 55.0 Å². The molecule has 3 atom stereocenters. The minimum Gasteiger partial charge on any atom is -0.490 e. The lowest BCUT2D eigenvalue weighted by Crippen LogP contribution is -2.45. The van der Waals surface area contributed by atoms with Crippen LogP contribution in [0.5, 0.6) is 5.75 Å². The minimum atomic E-state index is -4.83. The average molecular weight is 649 g/mol. The number of anilines is 2. The molecule has 1 unspecified atom stereocenters. The Morgan fingerprint density at radius 3 is 2.57 bits per heavy atom. The Morgan fingerprint density at radius 2 is 1.91 bits per heavy atom. The molecule has 3 aromatic carbocycles. The third-order valence-electron chi connectivity index (χ3n) is 7.80. The predicted octanol–water partition coefficient (Wildman–Crippen LogP) is 4.15. The van der Waals surface area contributed by atoms with Crippen LogP contribution >= 0.6 is 0 Å². The number of aliphatic hydroxyl groups is 1. The fourth-order valence-electron chi connectivity index (χ4n) is 5.45. The number of alkyl halides is 3. The molecule has 1 amide bonds. The number of carbonyl (C=O) groups excluding carboxylic acids is 1. The molecule has 16 heteroatoms. The van der Waals surface area contributed by atoms with E-state index in [1.807, 2.05) is 0 Å². The quantitative estimate of drug-likeness (QED) is 0.189. The van der Waals surface area contributed by atoms with E-state index in [9.17, 15) is 32.3 Å². The first kappa shape index (κ1) is 31.2. The summed E-state index contributed by atoms with van der Waals surface area (Å²) in [6.45, 7) is 0.576. The number of nitrogens with zero attached hydrogens (tertiary/aromatic N) is 5. The van der Waals surface area contributed by atoms with Crippen LogP contribution in [0, 0.1) is 17.1 Å². The third kappa shape index (κ3) is 5.84. The molecule has 6 rings (SSSR count). The number of halogens is 4. The van der Waals surface area contributed by atoms with Crippen molar-refractivity contribution in [3.63, 3.8) is 0 Å². The van der Waals surface area contributed by atoms with Crippen molar-refractivity contribution in [2.75, 3.05) is 17.2 Å². The summed E-state index contributed by atoms with van der Waals surface area (Å²) < 4.78 is 61.7. The Bertz CT molecular complexity index is 2120.